The number of nitrogens with one attached hydrogen (secondary N) is 1. The molecule has 126 valence electrons. The molecule has 2 aromatic rings. The molecule has 2 N–H and O–H groups in total. The van der Waals surface area contributed by atoms with Crippen LogP contribution in [0, 0.1) is 0 Å². The van der Waals surface area contributed by atoms with Gasteiger partial charge in [-0.25, -0.2) is 4.79 Å². The van der Waals surface area contributed by atoms with Gasteiger partial charge in [0.1, 0.15) is 0 Å². The van der Waals surface area contributed by atoms with Crippen LogP contribution in [0.1, 0.15) is 28.4 Å². The number of alkyl halides is 3. The third-order valence-electron chi connectivity index (χ3n) is 3.59. The van der Waals surface area contributed by atoms with Crippen LogP contribution in [-0.2, 0) is 16.5 Å². The van der Waals surface area contributed by atoms with E-state index >= 15 is 0 Å². The van der Waals surface area contributed by atoms with Crippen molar-refractivity contribution in [2.24, 2.45) is 0 Å². The van der Waals surface area contributed by atoms with Gasteiger partial charge in [-0.3, -0.25) is 4.79 Å². The van der Waals surface area contributed by atoms with Gasteiger partial charge in [0.05, 0.1) is 5.56 Å². The summed E-state index contributed by atoms with van der Waals surface area (Å²) in [5.41, 5.74) is -2.96. The Morgan fingerprint density at radius 1 is 0.958 bits per heavy atom. The van der Waals surface area contributed by atoms with E-state index in [1.54, 1.807) is 18.2 Å². The summed E-state index contributed by atoms with van der Waals surface area (Å²) < 4.78 is 38.5. The summed E-state index contributed by atoms with van der Waals surface area (Å²) in [6, 6.07) is 11.7. The highest BCUT2D eigenvalue weighted by atomic mass is 19.4. The number of hydrogen-bond donors (Lipinski definition) is 2. The van der Waals surface area contributed by atoms with Crippen molar-refractivity contribution in [1.82, 2.24) is 5.32 Å². The summed E-state index contributed by atoms with van der Waals surface area (Å²) in [4.78, 5) is 23.9. The maximum absolute atomic E-state index is 12.8. The lowest BCUT2D eigenvalue weighted by molar-refractivity contribution is -0.144. The molecular formula is C17H14F3NO3. The Bertz CT molecular complexity index is 759. The zero-order valence-electron chi connectivity index (χ0n) is 12.6. The Kier molecular flexibility index (Phi) is 4.64. The summed E-state index contributed by atoms with van der Waals surface area (Å²) in [5, 5.41) is 11.8. The third-order valence-corrected chi connectivity index (χ3v) is 3.59. The van der Waals surface area contributed by atoms with Crippen LogP contribution < -0.4 is 5.32 Å². The van der Waals surface area contributed by atoms with Gasteiger partial charge in [-0.1, -0.05) is 30.3 Å². The topological polar surface area (TPSA) is 66.4 Å². The van der Waals surface area contributed by atoms with Crippen LogP contribution >= 0.6 is 0 Å². The summed E-state index contributed by atoms with van der Waals surface area (Å²) in [7, 11) is 0. The highest BCUT2D eigenvalue weighted by Crippen LogP contribution is 2.32. The van der Waals surface area contributed by atoms with Gasteiger partial charge >= 0.3 is 12.1 Å². The fourth-order valence-electron chi connectivity index (χ4n) is 2.14. The minimum absolute atomic E-state index is 0.172. The van der Waals surface area contributed by atoms with Crippen LogP contribution in [0.4, 0.5) is 13.2 Å². The van der Waals surface area contributed by atoms with Crippen molar-refractivity contribution in [3.63, 3.8) is 0 Å². The van der Waals surface area contributed by atoms with E-state index in [0.717, 1.165) is 25.1 Å². The van der Waals surface area contributed by atoms with Crippen LogP contribution in [0.25, 0.3) is 0 Å². The number of aliphatic carboxylic acids is 1. The minimum Gasteiger partial charge on any atom is -0.479 e. The first kappa shape index (κ1) is 17.5. The molecule has 0 saturated carbocycles. The Morgan fingerprint density at radius 2 is 1.54 bits per heavy atom. The summed E-state index contributed by atoms with van der Waals surface area (Å²) in [5.74, 6) is -2.16. The number of hydrogen-bond acceptors (Lipinski definition) is 2. The van der Waals surface area contributed by atoms with Gasteiger partial charge < -0.3 is 10.4 Å². The molecule has 24 heavy (non-hydrogen) atoms. The Morgan fingerprint density at radius 3 is 2.08 bits per heavy atom. The molecule has 4 nitrogen and oxygen atoms in total. The lowest BCUT2D eigenvalue weighted by Crippen LogP contribution is -2.49. The molecule has 1 atom stereocenters. The first-order valence-electron chi connectivity index (χ1n) is 6.93. The fraction of sp³-hybridized carbons (Fsp3) is 0.176. The second-order valence-electron chi connectivity index (χ2n) is 5.33. The molecule has 0 aliphatic rings. The lowest BCUT2D eigenvalue weighted by atomic mass is 9.90. The molecule has 7 heteroatoms. The molecule has 1 amide bonds. The SMILES string of the molecule is CC(NC(=O)c1ccccc1)(C(=O)O)c1cccc(C(F)(F)F)c1. The minimum atomic E-state index is -4.61. The van der Waals surface area contributed by atoms with Crippen molar-refractivity contribution in [3.05, 3.63) is 71.3 Å². The van der Waals surface area contributed by atoms with Crippen LogP contribution in [0.2, 0.25) is 0 Å². The third kappa shape index (κ3) is 3.56. The number of amides is 1. The maximum atomic E-state index is 12.8. The summed E-state index contributed by atoms with van der Waals surface area (Å²) in [6.07, 6.45) is -4.61. The Labute approximate surface area is 135 Å². The molecule has 2 aromatic carbocycles. The number of carboxylic acids is 1. The summed E-state index contributed by atoms with van der Waals surface area (Å²) >= 11 is 0. The number of carbonyl (C=O) groups is 2. The average Bonchev–Trinajstić information content (AvgIpc) is 2.54. The molecular weight excluding hydrogens is 323 g/mol. The van der Waals surface area contributed by atoms with E-state index in [9.17, 15) is 27.9 Å². The molecule has 0 bridgehead atoms. The van der Waals surface area contributed by atoms with Crippen LogP contribution in [-0.4, -0.2) is 17.0 Å². The second-order valence-corrected chi connectivity index (χ2v) is 5.33. The average molecular weight is 337 g/mol. The maximum Gasteiger partial charge on any atom is 0.416 e. The summed E-state index contributed by atoms with van der Waals surface area (Å²) in [6.45, 7) is 1.14. The van der Waals surface area contributed by atoms with E-state index < -0.39 is 29.2 Å². The first-order valence-corrected chi connectivity index (χ1v) is 6.93. The second kappa shape index (κ2) is 6.35. The molecule has 0 radical (unpaired) electrons. The molecule has 0 aliphatic heterocycles. The van der Waals surface area contributed by atoms with Crippen molar-refractivity contribution in [2.45, 2.75) is 18.6 Å². The van der Waals surface area contributed by atoms with Crippen LogP contribution in [0.15, 0.2) is 54.6 Å². The van der Waals surface area contributed by atoms with Crippen molar-refractivity contribution < 1.29 is 27.9 Å². The van der Waals surface area contributed by atoms with E-state index in [2.05, 4.69) is 5.32 Å². The molecule has 0 saturated heterocycles. The quantitative estimate of drug-likeness (QED) is 0.898. The van der Waals surface area contributed by atoms with Gasteiger partial charge in [-0.15, -0.1) is 0 Å². The standard InChI is InChI=1S/C17H14F3NO3/c1-16(15(23)24,21-14(22)11-6-3-2-4-7-11)12-8-5-9-13(10-12)17(18,19)20/h2-10H,1H3,(H,21,22)(H,23,24). The van der Waals surface area contributed by atoms with E-state index in [0.29, 0.717) is 0 Å². The van der Waals surface area contributed by atoms with Gasteiger partial charge in [0.15, 0.2) is 5.54 Å². The van der Waals surface area contributed by atoms with E-state index in [4.69, 9.17) is 0 Å². The van der Waals surface area contributed by atoms with Gasteiger partial charge in [0.2, 0.25) is 0 Å². The molecule has 1 unspecified atom stereocenters. The van der Waals surface area contributed by atoms with Crippen molar-refractivity contribution in [3.8, 4) is 0 Å². The highest BCUT2D eigenvalue weighted by molar-refractivity contribution is 5.98. The van der Waals surface area contributed by atoms with E-state index in [-0.39, 0.29) is 11.1 Å². The van der Waals surface area contributed by atoms with Crippen LogP contribution in [0.3, 0.4) is 0 Å². The van der Waals surface area contributed by atoms with Gasteiger partial charge in [0, 0.05) is 5.56 Å². The number of carbonyl (C=O) groups excluding carboxylic acids is 1. The molecule has 0 heterocycles. The van der Waals surface area contributed by atoms with Gasteiger partial charge in [-0.2, -0.15) is 13.2 Å². The zero-order valence-corrected chi connectivity index (χ0v) is 12.6. The molecule has 0 aromatic heterocycles. The lowest BCUT2D eigenvalue weighted by Gasteiger charge is -2.27. The number of benzene rings is 2. The number of carboxylic acid groups (broad SMARTS) is 1. The zero-order chi connectivity index (χ0) is 18.0. The van der Waals surface area contributed by atoms with Crippen molar-refractivity contribution in [1.29, 1.82) is 0 Å². The predicted molar refractivity (Wildman–Crippen MR) is 80.3 cm³/mol. The van der Waals surface area contributed by atoms with Crippen molar-refractivity contribution in [2.75, 3.05) is 0 Å². The normalized spacial score (nSPS) is 13.8. The molecule has 2 rings (SSSR count). The highest BCUT2D eigenvalue weighted by Gasteiger charge is 2.39. The Hall–Kier alpha value is -2.83. The molecule has 0 aliphatic carbocycles. The van der Waals surface area contributed by atoms with E-state index in [1.807, 2.05) is 0 Å². The fourth-order valence-corrected chi connectivity index (χ4v) is 2.14. The molecule has 0 fully saturated rings. The van der Waals surface area contributed by atoms with Gasteiger partial charge in [-0.05, 0) is 36.8 Å². The number of halogens is 3. The largest absolute Gasteiger partial charge is 0.479 e. The predicted octanol–water partition coefficient (Wildman–Crippen LogP) is 3.44. The molecule has 0 spiro atoms. The van der Waals surface area contributed by atoms with Crippen molar-refractivity contribution >= 4 is 11.9 Å². The smallest absolute Gasteiger partial charge is 0.416 e. The van der Waals surface area contributed by atoms with Crippen LogP contribution in [0.5, 0.6) is 0 Å². The Balaban J connectivity index is 2.41. The monoisotopic (exact) mass is 337 g/mol. The first-order chi connectivity index (χ1) is 11.1. The van der Waals surface area contributed by atoms with Gasteiger partial charge in [0.25, 0.3) is 5.91 Å². The van der Waals surface area contributed by atoms with E-state index in [1.165, 1.54) is 18.2 Å². The number of rotatable bonds is 4.